The molecule has 2 heterocycles. The Hall–Kier alpha value is -0.120. The molecule has 0 radical (unpaired) electrons. The standard InChI is InChI=1S/C9H17NO2/c11-6-8-2-1-3-9(12-8)4-5-10-7-9/h8,10-11H,1-7H2. The van der Waals surface area contributed by atoms with Crippen LogP contribution in [0.15, 0.2) is 0 Å². The van der Waals surface area contributed by atoms with Crippen LogP contribution in [0.25, 0.3) is 0 Å². The highest BCUT2D eigenvalue weighted by atomic mass is 16.5. The van der Waals surface area contributed by atoms with Gasteiger partial charge in [0.05, 0.1) is 18.3 Å². The van der Waals surface area contributed by atoms with E-state index in [-0.39, 0.29) is 18.3 Å². The lowest BCUT2D eigenvalue weighted by molar-refractivity contribution is -0.131. The Morgan fingerprint density at radius 3 is 3.08 bits per heavy atom. The van der Waals surface area contributed by atoms with E-state index >= 15 is 0 Å². The zero-order chi connectivity index (χ0) is 8.44. The molecule has 0 aromatic rings. The van der Waals surface area contributed by atoms with Crippen LogP contribution >= 0.6 is 0 Å². The van der Waals surface area contributed by atoms with Gasteiger partial charge in [0.25, 0.3) is 0 Å². The number of hydrogen-bond donors (Lipinski definition) is 2. The molecule has 0 aromatic heterocycles. The molecule has 3 heteroatoms. The summed E-state index contributed by atoms with van der Waals surface area (Å²) in [4.78, 5) is 0. The van der Waals surface area contributed by atoms with Crippen molar-refractivity contribution in [2.24, 2.45) is 0 Å². The van der Waals surface area contributed by atoms with Crippen molar-refractivity contribution < 1.29 is 9.84 Å². The van der Waals surface area contributed by atoms with Gasteiger partial charge in [-0.3, -0.25) is 0 Å². The Labute approximate surface area is 73.1 Å². The molecule has 2 fully saturated rings. The van der Waals surface area contributed by atoms with Gasteiger partial charge < -0.3 is 15.2 Å². The Morgan fingerprint density at radius 1 is 1.50 bits per heavy atom. The second kappa shape index (κ2) is 3.32. The van der Waals surface area contributed by atoms with Crippen molar-refractivity contribution in [2.75, 3.05) is 19.7 Å². The molecule has 12 heavy (non-hydrogen) atoms. The van der Waals surface area contributed by atoms with E-state index in [2.05, 4.69) is 5.32 Å². The molecule has 2 N–H and O–H groups in total. The highest BCUT2D eigenvalue weighted by Crippen LogP contribution is 2.33. The molecule has 2 saturated heterocycles. The van der Waals surface area contributed by atoms with Crippen molar-refractivity contribution in [3.8, 4) is 0 Å². The highest BCUT2D eigenvalue weighted by Gasteiger charge is 2.39. The molecule has 2 unspecified atom stereocenters. The zero-order valence-electron chi connectivity index (χ0n) is 7.38. The fourth-order valence-electron chi connectivity index (χ4n) is 2.29. The van der Waals surface area contributed by atoms with E-state index in [1.165, 1.54) is 6.42 Å². The topological polar surface area (TPSA) is 41.5 Å². The number of aliphatic hydroxyl groups is 1. The lowest BCUT2D eigenvalue weighted by Crippen LogP contribution is -2.43. The summed E-state index contributed by atoms with van der Waals surface area (Å²) in [6.07, 6.45) is 4.60. The monoisotopic (exact) mass is 171 g/mol. The molecule has 70 valence electrons. The first kappa shape index (κ1) is 8.48. The average Bonchev–Trinajstić information content (AvgIpc) is 2.53. The van der Waals surface area contributed by atoms with Crippen molar-refractivity contribution in [2.45, 2.75) is 37.4 Å². The molecular weight excluding hydrogens is 154 g/mol. The lowest BCUT2D eigenvalue weighted by Gasteiger charge is -2.37. The lowest BCUT2D eigenvalue weighted by atomic mass is 9.91. The van der Waals surface area contributed by atoms with Crippen LogP contribution in [-0.4, -0.2) is 36.5 Å². The molecule has 0 aromatic carbocycles. The Balaban J connectivity index is 1.97. The summed E-state index contributed by atoms with van der Waals surface area (Å²) in [5.41, 5.74) is 0.0750. The van der Waals surface area contributed by atoms with Crippen molar-refractivity contribution in [3.05, 3.63) is 0 Å². The van der Waals surface area contributed by atoms with Crippen molar-refractivity contribution in [1.82, 2.24) is 5.32 Å². The van der Waals surface area contributed by atoms with E-state index in [4.69, 9.17) is 9.84 Å². The normalized spacial score (nSPS) is 42.2. The molecule has 2 aliphatic rings. The molecule has 2 atom stereocenters. The Kier molecular flexibility index (Phi) is 2.35. The first-order valence-corrected chi connectivity index (χ1v) is 4.84. The number of aliphatic hydroxyl groups excluding tert-OH is 1. The van der Waals surface area contributed by atoms with Crippen LogP contribution in [0.2, 0.25) is 0 Å². The fourth-order valence-corrected chi connectivity index (χ4v) is 2.29. The van der Waals surface area contributed by atoms with Gasteiger partial charge in [0.1, 0.15) is 0 Å². The summed E-state index contributed by atoms with van der Waals surface area (Å²) in [6.45, 7) is 2.23. The van der Waals surface area contributed by atoms with Crippen LogP contribution < -0.4 is 5.32 Å². The first-order valence-electron chi connectivity index (χ1n) is 4.84. The van der Waals surface area contributed by atoms with Crippen molar-refractivity contribution in [1.29, 1.82) is 0 Å². The van der Waals surface area contributed by atoms with Gasteiger partial charge in [-0.25, -0.2) is 0 Å². The van der Waals surface area contributed by atoms with E-state index in [0.717, 1.165) is 32.4 Å². The summed E-state index contributed by atoms with van der Waals surface area (Å²) >= 11 is 0. The molecular formula is C9H17NO2. The maximum Gasteiger partial charge on any atom is 0.0823 e. The first-order chi connectivity index (χ1) is 5.85. The predicted octanol–water partition coefficient (Wildman–Crippen LogP) is 0.280. The quantitative estimate of drug-likeness (QED) is 0.595. The summed E-state index contributed by atoms with van der Waals surface area (Å²) < 4.78 is 5.87. The van der Waals surface area contributed by atoms with Gasteiger partial charge in [0, 0.05) is 6.54 Å². The summed E-state index contributed by atoms with van der Waals surface area (Å²) in [5, 5.41) is 12.3. The van der Waals surface area contributed by atoms with Gasteiger partial charge in [-0.2, -0.15) is 0 Å². The molecule has 2 aliphatic heterocycles. The van der Waals surface area contributed by atoms with E-state index in [0.29, 0.717) is 0 Å². The molecule has 1 spiro atoms. The maximum atomic E-state index is 8.99. The Bertz CT molecular complexity index is 155. The summed E-state index contributed by atoms with van der Waals surface area (Å²) in [5.74, 6) is 0. The molecule has 3 nitrogen and oxygen atoms in total. The van der Waals surface area contributed by atoms with Crippen molar-refractivity contribution >= 4 is 0 Å². The third-order valence-electron chi connectivity index (χ3n) is 2.98. The number of nitrogens with one attached hydrogen (secondary N) is 1. The van der Waals surface area contributed by atoms with Crippen LogP contribution in [-0.2, 0) is 4.74 Å². The second-order valence-electron chi connectivity index (χ2n) is 3.92. The summed E-state index contributed by atoms with van der Waals surface area (Å²) in [7, 11) is 0. The number of rotatable bonds is 1. The van der Waals surface area contributed by atoms with Crippen LogP contribution in [0, 0.1) is 0 Å². The van der Waals surface area contributed by atoms with Gasteiger partial charge in [-0.05, 0) is 32.2 Å². The molecule has 0 aliphatic carbocycles. The minimum absolute atomic E-state index is 0.0750. The number of hydrogen-bond acceptors (Lipinski definition) is 3. The molecule has 0 saturated carbocycles. The maximum absolute atomic E-state index is 8.99. The molecule has 0 amide bonds. The van der Waals surface area contributed by atoms with E-state index in [1.807, 2.05) is 0 Å². The smallest absolute Gasteiger partial charge is 0.0823 e. The van der Waals surface area contributed by atoms with Gasteiger partial charge in [0.2, 0.25) is 0 Å². The summed E-state index contributed by atoms with van der Waals surface area (Å²) in [6, 6.07) is 0. The van der Waals surface area contributed by atoms with E-state index in [1.54, 1.807) is 0 Å². The van der Waals surface area contributed by atoms with E-state index < -0.39 is 0 Å². The number of ether oxygens (including phenoxy) is 1. The average molecular weight is 171 g/mol. The second-order valence-corrected chi connectivity index (χ2v) is 3.92. The van der Waals surface area contributed by atoms with Crippen LogP contribution in [0.5, 0.6) is 0 Å². The highest BCUT2D eigenvalue weighted by molar-refractivity contribution is 4.93. The van der Waals surface area contributed by atoms with Gasteiger partial charge >= 0.3 is 0 Å². The predicted molar refractivity (Wildman–Crippen MR) is 46.0 cm³/mol. The van der Waals surface area contributed by atoms with Gasteiger partial charge in [-0.15, -0.1) is 0 Å². The van der Waals surface area contributed by atoms with Crippen LogP contribution in [0.4, 0.5) is 0 Å². The Morgan fingerprint density at radius 2 is 2.42 bits per heavy atom. The third-order valence-corrected chi connectivity index (χ3v) is 2.98. The third kappa shape index (κ3) is 1.49. The van der Waals surface area contributed by atoms with Crippen LogP contribution in [0.3, 0.4) is 0 Å². The molecule has 2 rings (SSSR count). The zero-order valence-corrected chi connectivity index (χ0v) is 7.38. The SMILES string of the molecule is OCC1CCCC2(CCNC2)O1. The van der Waals surface area contributed by atoms with Crippen LogP contribution in [0.1, 0.15) is 25.7 Å². The fraction of sp³-hybridized carbons (Fsp3) is 1.00. The van der Waals surface area contributed by atoms with E-state index in [9.17, 15) is 0 Å². The van der Waals surface area contributed by atoms with Crippen molar-refractivity contribution in [3.63, 3.8) is 0 Å². The van der Waals surface area contributed by atoms with Gasteiger partial charge in [0.15, 0.2) is 0 Å². The minimum Gasteiger partial charge on any atom is -0.394 e. The minimum atomic E-state index is 0.0750. The molecule has 0 bridgehead atoms. The largest absolute Gasteiger partial charge is 0.394 e. The van der Waals surface area contributed by atoms with Gasteiger partial charge in [-0.1, -0.05) is 0 Å².